The molecule has 0 aromatic rings. The Labute approximate surface area is 111 Å². The summed E-state index contributed by atoms with van der Waals surface area (Å²) in [6.45, 7) is 6.05. The molecule has 0 radical (unpaired) electrons. The highest BCUT2D eigenvalue weighted by Gasteiger charge is 2.39. The standard InChI is InChI=1S/C13H24N2O.ClH/c1-9-6-7-15(10(9)2)13(16)12-5-3-4-11(12)8-14;/h9-12H,3-8,14H2,1-2H3;1H/t9?,10?,11-,12-;/m1./s1. The number of likely N-dealkylation sites (tertiary alicyclic amines) is 1. The lowest BCUT2D eigenvalue weighted by Crippen LogP contribution is -2.41. The number of hydrogen-bond donors (Lipinski definition) is 1. The predicted octanol–water partition coefficient (Wildman–Crippen LogP) is 2.04. The van der Waals surface area contributed by atoms with E-state index in [4.69, 9.17) is 5.73 Å². The van der Waals surface area contributed by atoms with E-state index in [2.05, 4.69) is 18.7 Å². The highest BCUT2D eigenvalue weighted by molar-refractivity contribution is 5.85. The van der Waals surface area contributed by atoms with Gasteiger partial charge in [0.15, 0.2) is 0 Å². The highest BCUT2D eigenvalue weighted by atomic mass is 35.5. The molecule has 4 heteroatoms. The van der Waals surface area contributed by atoms with Crippen LogP contribution in [-0.2, 0) is 4.79 Å². The summed E-state index contributed by atoms with van der Waals surface area (Å²) in [5, 5.41) is 0. The van der Waals surface area contributed by atoms with Gasteiger partial charge < -0.3 is 10.6 Å². The Balaban J connectivity index is 0.00000144. The number of rotatable bonds is 2. The van der Waals surface area contributed by atoms with Gasteiger partial charge in [0.1, 0.15) is 0 Å². The van der Waals surface area contributed by atoms with Crippen molar-refractivity contribution in [1.29, 1.82) is 0 Å². The van der Waals surface area contributed by atoms with Gasteiger partial charge in [-0.25, -0.2) is 0 Å². The van der Waals surface area contributed by atoms with Gasteiger partial charge in [0, 0.05) is 18.5 Å². The average Bonchev–Trinajstić information content (AvgIpc) is 2.86. The van der Waals surface area contributed by atoms with Crippen LogP contribution in [0.2, 0.25) is 0 Å². The summed E-state index contributed by atoms with van der Waals surface area (Å²) in [4.78, 5) is 14.5. The molecule has 2 unspecified atom stereocenters. The molecule has 1 saturated carbocycles. The molecular formula is C13H25ClN2O. The van der Waals surface area contributed by atoms with Gasteiger partial charge in [0.2, 0.25) is 5.91 Å². The monoisotopic (exact) mass is 260 g/mol. The fourth-order valence-electron chi connectivity index (χ4n) is 3.26. The van der Waals surface area contributed by atoms with Gasteiger partial charge in [-0.15, -0.1) is 12.4 Å². The van der Waals surface area contributed by atoms with Gasteiger partial charge in [-0.1, -0.05) is 13.3 Å². The van der Waals surface area contributed by atoms with Crippen LogP contribution in [0, 0.1) is 17.8 Å². The molecule has 2 aliphatic rings. The molecule has 2 fully saturated rings. The van der Waals surface area contributed by atoms with Gasteiger partial charge in [0.25, 0.3) is 0 Å². The molecular weight excluding hydrogens is 236 g/mol. The second-order valence-electron chi connectivity index (χ2n) is 5.57. The summed E-state index contributed by atoms with van der Waals surface area (Å²) in [5.41, 5.74) is 5.75. The fraction of sp³-hybridized carbons (Fsp3) is 0.923. The summed E-state index contributed by atoms with van der Waals surface area (Å²) in [7, 11) is 0. The molecule has 100 valence electrons. The first-order valence-electron chi connectivity index (χ1n) is 6.65. The van der Waals surface area contributed by atoms with Crippen LogP contribution in [-0.4, -0.2) is 29.9 Å². The van der Waals surface area contributed by atoms with Crippen molar-refractivity contribution < 1.29 is 4.79 Å². The van der Waals surface area contributed by atoms with Crippen LogP contribution >= 0.6 is 12.4 Å². The highest BCUT2D eigenvalue weighted by Crippen LogP contribution is 2.35. The molecule has 17 heavy (non-hydrogen) atoms. The van der Waals surface area contributed by atoms with Crippen molar-refractivity contribution in [3.8, 4) is 0 Å². The minimum absolute atomic E-state index is 0. The Hall–Kier alpha value is -0.280. The molecule has 3 nitrogen and oxygen atoms in total. The minimum atomic E-state index is 0. The third-order valence-electron chi connectivity index (χ3n) is 4.70. The van der Waals surface area contributed by atoms with Crippen molar-refractivity contribution >= 4 is 18.3 Å². The zero-order valence-electron chi connectivity index (χ0n) is 10.9. The zero-order valence-corrected chi connectivity index (χ0v) is 11.7. The third kappa shape index (κ3) is 2.76. The average molecular weight is 261 g/mol. The Morgan fingerprint density at radius 1 is 1.29 bits per heavy atom. The normalized spacial score (nSPS) is 37.0. The first-order valence-corrected chi connectivity index (χ1v) is 6.65. The molecule has 1 heterocycles. The minimum Gasteiger partial charge on any atom is -0.339 e. The molecule has 1 aliphatic heterocycles. The van der Waals surface area contributed by atoms with E-state index in [-0.39, 0.29) is 18.3 Å². The Kier molecular flexibility index (Phi) is 5.26. The van der Waals surface area contributed by atoms with E-state index in [1.165, 1.54) is 6.42 Å². The molecule has 0 spiro atoms. The first kappa shape index (κ1) is 14.8. The summed E-state index contributed by atoms with van der Waals surface area (Å²) >= 11 is 0. The van der Waals surface area contributed by atoms with Crippen LogP contribution in [0.25, 0.3) is 0 Å². The van der Waals surface area contributed by atoms with E-state index in [9.17, 15) is 4.79 Å². The number of nitrogens with two attached hydrogens (primary N) is 1. The van der Waals surface area contributed by atoms with Crippen molar-refractivity contribution in [3.63, 3.8) is 0 Å². The van der Waals surface area contributed by atoms with E-state index in [1.807, 2.05) is 0 Å². The molecule has 1 aliphatic carbocycles. The molecule has 1 saturated heterocycles. The summed E-state index contributed by atoms with van der Waals surface area (Å²) in [6, 6.07) is 0.423. The van der Waals surface area contributed by atoms with Crippen molar-refractivity contribution in [2.45, 2.75) is 45.6 Å². The predicted molar refractivity (Wildman–Crippen MR) is 72.1 cm³/mol. The Bertz CT molecular complexity index is 266. The van der Waals surface area contributed by atoms with Crippen LogP contribution in [0.4, 0.5) is 0 Å². The first-order chi connectivity index (χ1) is 7.65. The van der Waals surface area contributed by atoms with Gasteiger partial charge in [-0.2, -0.15) is 0 Å². The SMILES string of the molecule is CC1CCN(C(=O)[C@@H]2CCC[C@@H]2CN)C1C.Cl. The molecule has 4 atom stereocenters. The van der Waals surface area contributed by atoms with Crippen LogP contribution in [0.3, 0.4) is 0 Å². The lowest BCUT2D eigenvalue weighted by atomic mass is 9.94. The van der Waals surface area contributed by atoms with Gasteiger partial charge in [0.05, 0.1) is 0 Å². The van der Waals surface area contributed by atoms with Crippen LogP contribution < -0.4 is 5.73 Å². The number of hydrogen-bond acceptors (Lipinski definition) is 2. The maximum Gasteiger partial charge on any atom is 0.226 e. The molecule has 2 rings (SSSR count). The molecule has 1 amide bonds. The quantitative estimate of drug-likeness (QED) is 0.826. The number of nitrogens with zero attached hydrogens (tertiary/aromatic N) is 1. The number of carbonyl (C=O) groups is 1. The van der Waals surface area contributed by atoms with Crippen LogP contribution in [0.15, 0.2) is 0 Å². The van der Waals surface area contributed by atoms with Crippen molar-refractivity contribution in [2.75, 3.05) is 13.1 Å². The van der Waals surface area contributed by atoms with Crippen molar-refractivity contribution in [3.05, 3.63) is 0 Å². The molecule has 0 aromatic carbocycles. The van der Waals surface area contributed by atoms with Crippen molar-refractivity contribution in [1.82, 2.24) is 4.90 Å². The van der Waals surface area contributed by atoms with E-state index in [0.717, 1.165) is 25.8 Å². The maximum absolute atomic E-state index is 12.4. The van der Waals surface area contributed by atoms with Crippen LogP contribution in [0.5, 0.6) is 0 Å². The topological polar surface area (TPSA) is 46.3 Å². The van der Waals surface area contributed by atoms with E-state index >= 15 is 0 Å². The largest absolute Gasteiger partial charge is 0.339 e. The lowest BCUT2D eigenvalue weighted by molar-refractivity contribution is -0.137. The molecule has 0 aromatic heterocycles. The Morgan fingerprint density at radius 3 is 2.53 bits per heavy atom. The van der Waals surface area contributed by atoms with E-state index in [1.54, 1.807) is 0 Å². The smallest absolute Gasteiger partial charge is 0.226 e. The summed E-state index contributed by atoms with van der Waals surface area (Å²) in [6.07, 6.45) is 4.53. The van der Waals surface area contributed by atoms with Gasteiger partial charge in [-0.05, 0) is 44.6 Å². The van der Waals surface area contributed by atoms with E-state index < -0.39 is 0 Å². The number of amides is 1. The summed E-state index contributed by atoms with van der Waals surface area (Å²) in [5.74, 6) is 1.69. The van der Waals surface area contributed by atoms with E-state index in [0.29, 0.717) is 30.3 Å². The molecule has 0 bridgehead atoms. The molecule has 2 N–H and O–H groups in total. The third-order valence-corrected chi connectivity index (χ3v) is 4.70. The second kappa shape index (κ2) is 6.05. The van der Waals surface area contributed by atoms with Crippen molar-refractivity contribution in [2.24, 2.45) is 23.5 Å². The number of carbonyl (C=O) groups excluding carboxylic acids is 1. The second-order valence-corrected chi connectivity index (χ2v) is 5.57. The zero-order chi connectivity index (χ0) is 11.7. The Morgan fingerprint density at radius 2 is 2.00 bits per heavy atom. The summed E-state index contributed by atoms with van der Waals surface area (Å²) < 4.78 is 0. The van der Waals surface area contributed by atoms with Gasteiger partial charge in [-0.3, -0.25) is 4.79 Å². The lowest BCUT2D eigenvalue weighted by Gasteiger charge is -2.28. The number of halogens is 1. The van der Waals surface area contributed by atoms with Crippen LogP contribution in [0.1, 0.15) is 39.5 Å². The van der Waals surface area contributed by atoms with Gasteiger partial charge >= 0.3 is 0 Å². The maximum atomic E-state index is 12.4. The fourth-order valence-corrected chi connectivity index (χ4v) is 3.26.